The first-order valence-electron chi connectivity index (χ1n) is 6.08. The van der Waals surface area contributed by atoms with E-state index in [9.17, 15) is 9.90 Å². The van der Waals surface area contributed by atoms with Crippen molar-refractivity contribution in [2.45, 2.75) is 62.1 Å². The molecule has 0 amide bonds. The third kappa shape index (κ3) is 1.86. The Bertz CT molecular complexity index is 305. The second-order valence-corrected chi connectivity index (χ2v) is 7.64. The monoisotopic (exact) mass is 243 g/mol. The highest BCUT2D eigenvalue weighted by molar-refractivity contribution is 8.02. The highest BCUT2D eigenvalue weighted by atomic mass is 32.2. The molecule has 0 radical (unpaired) electrons. The summed E-state index contributed by atoms with van der Waals surface area (Å²) in [5.74, 6) is -0.151. The van der Waals surface area contributed by atoms with E-state index in [2.05, 4.69) is 12.2 Å². The van der Waals surface area contributed by atoms with E-state index in [0.29, 0.717) is 5.92 Å². The van der Waals surface area contributed by atoms with Gasteiger partial charge in [0.2, 0.25) is 0 Å². The number of carboxylic acids is 1. The minimum absolute atomic E-state index is 0.00477. The molecule has 0 aromatic carbocycles. The fourth-order valence-electron chi connectivity index (χ4n) is 3.02. The van der Waals surface area contributed by atoms with Gasteiger partial charge in [0, 0.05) is 4.75 Å². The van der Waals surface area contributed by atoms with Crippen molar-refractivity contribution in [1.29, 1.82) is 0 Å². The number of nitrogens with one attached hydrogen (secondary N) is 1. The molecule has 2 N–H and O–H groups in total. The van der Waals surface area contributed by atoms with Crippen LogP contribution in [0.1, 0.15) is 46.5 Å². The van der Waals surface area contributed by atoms with Crippen LogP contribution >= 0.6 is 11.8 Å². The molecule has 2 aliphatic rings. The number of thioether (sulfide) groups is 1. The molecule has 92 valence electrons. The van der Waals surface area contributed by atoms with Crippen molar-refractivity contribution in [3.63, 3.8) is 0 Å². The molecule has 3 unspecified atom stereocenters. The second-order valence-electron chi connectivity index (χ2n) is 5.66. The lowest BCUT2D eigenvalue weighted by Crippen LogP contribution is -2.52. The van der Waals surface area contributed by atoms with Crippen molar-refractivity contribution in [1.82, 2.24) is 5.32 Å². The molecule has 1 spiro atoms. The third-order valence-electron chi connectivity index (χ3n) is 4.01. The summed E-state index contributed by atoms with van der Waals surface area (Å²) in [5, 5.41) is 12.7. The molecule has 1 aliphatic heterocycles. The van der Waals surface area contributed by atoms with Gasteiger partial charge in [-0.3, -0.25) is 10.1 Å². The molecule has 3 atom stereocenters. The first-order chi connectivity index (χ1) is 7.37. The Labute approximate surface area is 101 Å². The van der Waals surface area contributed by atoms with Gasteiger partial charge in [-0.1, -0.05) is 19.8 Å². The Morgan fingerprint density at radius 3 is 2.62 bits per heavy atom. The maximum Gasteiger partial charge on any atom is 0.322 e. The summed E-state index contributed by atoms with van der Waals surface area (Å²) in [6, 6.07) is -0.418. The summed E-state index contributed by atoms with van der Waals surface area (Å²) >= 11 is 1.84. The number of hydrogen-bond acceptors (Lipinski definition) is 3. The summed E-state index contributed by atoms with van der Waals surface area (Å²) in [6.07, 6.45) is 4.81. The van der Waals surface area contributed by atoms with E-state index in [-0.39, 0.29) is 9.62 Å². The molecule has 1 saturated carbocycles. The number of hydrogen-bond donors (Lipinski definition) is 2. The van der Waals surface area contributed by atoms with Gasteiger partial charge in [-0.15, -0.1) is 11.8 Å². The topological polar surface area (TPSA) is 49.3 Å². The van der Waals surface area contributed by atoms with Crippen LogP contribution in [0.3, 0.4) is 0 Å². The molecule has 3 nitrogen and oxygen atoms in total. The molecule has 4 heteroatoms. The molecular weight excluding hydrogens is 222 g/mol. The van der Waals surface area contributed by atoms with E-state index in [4.69, 9.17) is 0 Å². The van der Waals surface area contributed by atoms with Gasteiger partial charge in [0.05, 0.1) is 4.87 Å². The molecule has 2 fully saturated rings. The van der Waals surface area contributed by atoms with Crippen LogP contribution in [-0.4, -0.2) is 26.7 Å². The minimum atomic E-state index is -0.716. The smallest absolute Gasteiger partial charge is 0.322 e. The Morgan fingerprint density at radius 2 is 2.12 bits per heavy atom. The number of aliphatic carboxylic acids is 1. The molecule has 0 aromatic rings. The lowest BCUT2D eigenvalue weighted by molar-refractivity contribution is -0.140. The minimum Gasteiger partial charge on any atom is -0.480 e. The first-order valence-corrected chi connectivity index (χ1v) is 6.90. The van der Waals surface area contributed by atoms with Crippen molar-refractivity contribution in [3.8, 4) is 0 Å². The average Bonchev–Trinajstić information content (AvgIpc) is 2.44. The second kappa shape index (κ2) is 3.91. The van der Waals surface area contributed by atoms with Crippen LogP contribution < -0.4 is 5.32 Å². The maximum absolute atomic E-state index is 11.3. The summed E-state index contributed by atoms with van der Waals surface area (Å²) in [7, 11) is 0. The van der Waals surface area contributed by atoms with Crippen molar-refractivity contribution in [2.75, 3.05) is 0 Å². The van der Waals surface area contributed by atoms with E-state index in [1.165, 1.54) is 19.3 Å². The molecule has 2 rings (SSSR count). The molecule has 0 aromatic heterocycles. The summed E-state index contributed by atoms with van der Waals surface area (Å²) in [6.45, 7) is 6.33. The van der Waals surface area contributed by atoms with Crippen molar-refractivity contribution in [3.05, 3.63) is 0 Å². The summed E-state index contributed by atoms with van der Waals surface area (Å²) in [5.41, 5.74) is 0. The van der Waals surface area contributed by atoms with Crippen LogP contribution in [0, 0.1) is 5.92 Å². The molecule has 1 aliphatic carbocycles. The van der Waals surface area contributed by atoms with Gasteiger partial charge in [-0.25, -0.2) is 0 Å². The zero-order valence-corrected chi connectivity index (χ0v) is 11.1. The van der Waals surface area contributed by atoms with Gasteiger partial charge < -0.3 is 5.11 Å². The molecule has 16 heavy (non-hydrogen) atoms. The van der Waals surface area contributed by atoms with Gasteiger partial charge in [0.1, 0.15) is 6.04 Å². The van der Waals surface area contributed by atoms with Gasteiger partial charge in [0.25, 0.3) is 0 Å². The zero-order chi connectivity index (χ0) is 12.0. The van der Waals surface area contributed by atoms with Crippen molar-refractivity contribution in [2.24, 2.45) is 5.92 Å². The third-order valence-corrected chi connectivity index (χ3v) is 5.86. The number of carbonyl (C=O) groups is 1. The quantitative estimate of drug-likeness (QED) is 0.743. The highest BCUT2D eigenvalue weighted by Gasteiger charge is 2.55. The molecule has 1 saturated heterocycles. The van der Waals surface area contributed by atoms with Gasteiger partial charge in [-0.2, -0.15) is 0 Å². The standard InChI is InChI=1S/C12H21NO2S/c1-8-6-4-5-7-12(8)13-9(10(14)15)11(2,3)16-12/h8-9,13H,4-7H2,1-3H3,(H,14,15). The number of carboxylic acid groups (broad SMARTS) is 1. The van der Waals surface area contributed by atoms with E-state index in [1.807, 2.05) is 25.6 Å². The predicted molar refractivity (Wildman–Crippen MR) is 66.6 cm³/mol. The van der Waals surface area contributed by atoms with Gasteiger partial charge >= 0.3 is 5.97 Å². The van der Waals surface area contributed by atoms with Crippen molar-refractivity contribution >= 4 is 17.7 Å². The van der Waals surface area contributed by atoms with Crippen LogP contribution in [0.25, 0.3) is 0 Å². The van der Waals surface area contributed by atoms with Crippen LogP contribution in [0.15, 0.2) is 0 Å². The highest BCUT2D eigenvalue weighted by Crippen LogP contribution is 2.53. The largest absolute Gasteiger partial charge is 0.480 e. The zero-order valence-electron chi connectivity index (χ0n) is 10.2. The van der Waals surface area contributed by atoms with E-state index in [1.54, 1.807) is 0 Å². The van der Waals surface area contributed by atoms with Crippen LogP contribution in [0.2, 0.25) is 0 Å². The van der Waals surface area contributed by atoms with Gasteiger partial charge in [0.15, 0.2) is 0 Å². The number of rotatable bonds is 1. The molecular formula is C12H21NO2S. The molecule has 1 heterocycles. The van der Waals surface area contributed by atoms with E-state index < -0.39 is 12.0 Å². The Morgan fingerprint density at radius 1 is 1.44 bits per heavy atom. The van der Waals surface area contributed by atoms with Crippen LogP contribution in [0.5, 0.6) is 0 Å². The van der Waals surface area contributed by atoms with Crippen LogP contribution in [-0.2, 0) is 4.79 Å². The van der Waals surface area contributed by atoms with E-state index in [0.717, 1.165) is 6.42 Å². The fraction of sp³-hybridized carbons (Fsp3) is 0.917. The Kier molecular flexibility index (Phi) is 2.99. The molecule has 0 bridgehead atoms. The lowest BCUT2D eigenvalue weighted by atomic mass is 9.84. The van der Waals surface area contributed by atoms with Crippen molar-refractivity contribution < 1.29 is 9.90 Å². The SMILES string of the molecule is CC1CCCCC12NC(C(=O)O)C(C)(C)S2. The van der Waals surface area contributed by atoms with E-state index >= 15 is 0 Å². The Balaban J connectivity index is 2.23. The summed E-state index contributed by atoms with van der Waals surface area (Å²) in [4.78, 5) is 11.3. The normalized spacial score (nSPS) is 42.4. The first kappa shape index (κ1) is 12.2. The maximum atomic E-state index is 11.3. The van der Waals surface area contributed by atoms with Gasteiger partial charge in [-0.05, 0) is 32.6 Å². The lowest BCUT2D eigenvalue weighted by Gasteiger charge is -2.39. The predicted octanol–water partition coefficient (Wildman–Crippen LogP) is 2.46. The average molecular weight is 243 g/mol. The Hall–Kier alpha value is -0.220. The van der Waals surface area contributed by atoms with Crippen LogP contribution in [0.4, 0.5) is 0 Å². The summed E-state index contributed by atoms with van der Waals surface area (Å²) < 4.78 is -0.211. The fourth-order valence-corrected chi connectivity index (χ4v) is 4.98.